The molecule has 1 amide bonds. The van der Waals surface area contributed by atoms with E-state index in [1.165, 1.54) is 16.8 Å². The molecule has 2 aromatic heterocycles. The Morgan fingerprint density at radius 3 is 2.49 bits per heavy atom. The van der Waals surface area contributed by atoms with Gasteiger partial charge in [0, 0.05) is 41.9 Å². The number of hydrogen-bond donors (Lipinski definition) is 2. The number of aromatic nitrogens is 2. The molecule has 1 saturated heterocycles. The normalized spacial score (nSPS) is 16.8. The minimum Gasteiger partial charge on any atom is -0.352 e. The molecule has 2 N–H and O–H groups in total. The lowest BCUT2D eigenvalue weighted by Crippen LogP contribution is -2.33. The van der Waals surface area contributed by atoms with Crippen LogP contribution in [0.15, 0.2) is 72.9 Å². The van der Waals surface area contributed by atoms with E-state index in [1.807, 2.05) is 50.4 Å². The molecule has 1 aliphatic rings. The predicted molar refractivity (Wildman–Crippen MR) is 161 cm³/mol. The number of aryl methyl sites for hydroxylation is 4. The summed E-state index contributed by atoms with van der Waals surface area (Å²) < 4.78 is 2.31. The van der Waals surface area contributed by atoms with Crippen molar-refractivity contribution in [2.24, 2.45) is 0 Å². The fourth-order valence-corrected chi connectivity index (χ4v) is 5.89. The van der Waals surface area contributed by atoms with Crippen LogP contribution in [0.25, 0.3) is 5.69 Å². The van der Waals surface area contributed by atoms with Gasteiger partial charge in [-0.15, -0.1) is 0 Å². The monoisotopic (exact) mass is 537 g/mol. The molecular weight excluding hydrogens is 502 g/mol. The van der Waals surface area contributed by atoms with Crippen LogP contribution in [-0.2, 0) is 4.79 Å². The summed E-state index contributed by atoms with van der Waals surface area (Å²) in [5, 5.41) is 7.25. The van der Waals surface area contributed by atoms with Crippen LogP contribution in [0, 0.1) is 34.6 Å². The van der Waals surface area contributed by atoms with Gasteiger partial charge in [-0.25, -0.2) is 0 Å². The first-order valence-electron chi connectivity index (χ1n) is 13.3. The average molecular weight is 538 g/mol. The van der Waals surface area contributed by atoms with E-state index in [0.29, 0.717) is 18.1 Å². The number of hydrogen-bond acceptors (Lipinski definition) is 3. The van der Waals surface area contributed by atoms with E-state index in [0.717, 1.165) is 33.9 Å². The Kier molecular flexibility index (Phi) is 7.53. The van der Waals surface area contributed by atoms with Crippen molar-refractivity contribution in [1.82, 2.24) is 19.8 Å². The summed E-state index contributed by atoms with van der Waals surface area (Å²) in [6, 6.07) is 22.5. The maximum Gasteiger partial charge on any atom is 0.226 e. The van der Waals surface area contributed by atoms with E-state index < -0.39 is 0 Å². The van der Waals surface area contributed by atoms with E-state index >= 15 is 0 Å². The third-order valence-electron chi connectivity index (χ3n) is 7.59. The summed E-state index contributed by atoms with van der Waals surface area (Å²) in [6.45, 7) is 11.0. The van der Waals surface area contributed by atoms with Gasteiger partial charge in [0.05, 0.1) is 17.8 Å². The summed E-state index contributed by atoms with van der Waals surface area (Å²) >= 11 is 5.86. The average Bonchev–Trinajstić information content (AvgIpc) is 3.40. The van der Waals surface area contributed by atoms with Crippen molar-refractivity contribution in [3.63, 3.8) is 0 Å². The van der Waals surface area contributed by atoms with Crippen LogP contribution in [0.1, 0.15) is 57.8 Å². The second-order valence-electron chi connectivity index (χ2n) is 10.4. The lowest BCUT2D eigenvalue weighted by Gasteiger charge is -2.28. The third kappa shape index (κ3) is 5.32. The van der Waals surface area contributed by atoms with Gasteiger partial charge in [-0.2, -0.15) is 0 Å². The molecule has 0 saturated carbocycles. The molecule has 0 unspecified atom stereocenters. The molecule has 7 heteroatoms. The Balaban J connectivity index is 1.48. The highest BCUT2D eigenvalue weighted by Gasteiger charge is 2.41. The highest BCUT2D eigenvalue weighted by molar-refractivity contribution is 7.80. The van der Waals surface area contributed by atoms with Gasteiger partial charge in [0.25, 0.3) is 0 Å². The molecule has 0 spiro atoms. The molecule has 5 rings (SSSR count). The number of carbonyl (C=O) groups is 1. The van der Waals surface area contributed by atoms with Crippen LogP contribution in [0.3, 0.4) is 0 Å². The fraction of sp³-hybridized carbons (Fsp3) is 0.281. The van der Waals surface area contributed by atoms with Gasteiger partial charge in [-0.1, -0.05) is 36.4 Å². The van der Waals surface area contributed by atoms with Crippen molar-refractivity contribution < 1.29 is 4.79 Å². The first-order valence-corrected chi connectivity index (χ1v) is 13.8. The minimum absolute atomic E-state index is 0.0306. The molecule has 3 heterocycles. The highest BCUT2D eigenvalue weighted by Crippen LogP contribution is 2.41. The first-order chi connectivity index (χ1) is 18.7. The number of anilines is 1. The smallest absolute Gasteiger partial charge is 0.226 e. The number of nitrogens with zero attached hydrogens (tertiary/aromatic N) is 3. The second-order valence-corrected chi connectivity index (χ2v) is 10.8. The van der Waals surface area contributed by atoms with Crippen molar-refractivity contribution in [1.29, 1.82) is 0 Å². The van der Waals surface area contributed by atoms with Crippen molar-refractivity contribution in [3.8, 4) is 5.69 Å². The van der Waals surface area contributed by atoms with Gasteiger partial charge in [-0.3, -0.25) is 9.78 Å². The van der Waals surface area contributed by atoms with Crippen LogP contribution in [-0.4, -0.2) is 32.0 Å². The number of rotatable bonds is 7. The summed E-state index contributed by atoms with van der Waals surface area (Å²) in [4.78, 5) is 19.9. The van der Waals surface area contributed by atoms with E-state index in [9.17, 15) is 4.79 Å². The molecule has 0 bridgehead atoms. The molecule has 2 aromatic carbocycles. The molecule has 4 aromatic rings. The summed E-state index contributed by atoms with van der Waals surface area (Å²) in [7, 11) is 0. The van der Waals surface area contributed by atoms with Gasteiger partial charge in [-0.05, 0) is 99.4 Å². The van der Waals surface area contributed by atoms with E-state index in [4.69, 9.17) is 12.2 Å². The first kappa shape index (κ1) is 26.6. The Morgan fingerprint density at radius 2 is 1.74 bits per heavy atom. The van der Waals surface area contributed by atoms with Gasteiger partial charge >= 0.3 is 0 Å². The van der Waals surface area contributed by atoms with Gasteiger partial charge in [0.1, 0.15) is 0 Å². The van der Waals surface area contributed by atoms with Crippen molar-refractivity contribution in [2.75, 3.05) is 11.9 Å². The van der Waals surface area contributed by atoms with Gasteiger partial charge in [0.15, 0.2) is 5.11 Å². The lowest BCUT2D eigenvalue weighted by atomic mass is 9.96. The van der Waals surface area contributed by atoms with E-state index in [-0.39, 0.29) is 18.0 Å². The Bertz CT molecular complexity index is 1530. The number of carbonyl (C=O) groups excluding carboxylic acids is 1. The number of amides is 1. The van der Waals surface area contributed by atoms with Crippen LogP contribution in [0.5, 0.6) is 0 Å². The lowest BCUT2D eigenvalue weighted by molar-refractivity contribution is -0.116. The van der Waals surface area contributed by atoms with Gasteiger partial charge in [0.2, 0.25) is 5.91 Å². The largest absolute Gasteiger partial charge is 0.352 e. The number of thiocarbonyl (C=S) groups is 1. The van der Waals surface area contributed by atoms with Crippen molar-refractivity contribution in [3.05, 3.63) is 112 Å². The summed E-state index contributed by atoms with van der Waals surface area (Å²) in [5.74, 6) is -0.0306. The SMILES string of the molecule is Cc1ccc(C)c(NC(=O)CCN2C(=S)N[C@H](c3ccccn3)[C@H]2c2cc(C)n(-c3ccccc3C)c2C)c1. The zero-order valence-electron chi connectivity index (χ0n) is 23.2. The van der Waals surface area contributed by atoms with E-state index in [1.54, 1.807) is 0 Å². The molecule has 0 radical (unpaired) electrons. The molecular formula is C32H35N5OS. The quantitative estimate of drug-likeness (QED) is 0.267. The standard InChI is InChI=1S/C32H35N5OS/c1-20-13-14-21(2)27(18-20)34-29(38)15-17-36-31(30(35-32(36)39)26-11-8-9-16-33-26)25-19-23(4)37(24(25)5)28-12-7-6-10-22(28)3/h6-14,16,18-19,30-31H,15,17H2,1-5H3,(H,34,38)(H,35,39)/t30-,31-/m1/s1. The molecule has 39 heavy (non-hydrogen) atoms. The molecule has 6 nitrogen and oxygen atoms in total. The zero-order valence-corrected chi connectivity index (χ0v) is 24.0. The molecule has 1 fully saturated rings. The van der Waals surface area contributed by atoms with Crippen LogP contribution >= 0.6 is 12.2 Å². The molecule has 0 aliphatic carbocycles. The van der Waals surface area contributed by atoms with E-state index in [2.05, 4.69) is 82.3 Å². The second kappa shape index (κ2) is 11.0. The maximum absolute atomic E-state index is 13.1. The zero-order chi connectivity index (χ0) is 27.7. The minimum atomic E-state index is -0.133. The van der Waals surface area contributed by atoms with Crippen LogP contribution < -0.4 is 10.6 Å². The maximum atomic E-state index is 13.1. The van der Waals surface area contributed by atoms with Crippen molar-refractivity contribution >= 4 is 28.9 Å². The van der Waals surface area contributed by atoms with Crippen molar-refractivity contribution in [2.45, 2.75) is 53.1 Å². The van der Waals surface area contributed by atoms with Crippen LogP contribution in [0.4, 0.5) is 5.69 Å². The summed E-state index contributed by atoms with van der Waals surface area (Å²) in [5.41, 5.74) is 9.81. The predicted octanol–water partition coefficient (Wildman–Crippen LogP) is 6.42. The fourth-order valence-electron chi connectivity index (χ4n) is 5.56. The Morgan fingerprint density at radius 1 is 0.974 bits per heavy atom. The third-order valence-corrected chi connectivity index (χ3v) is 7.94. The number of para-hydroxylation sites is 1. The van der Waals surface area contributed by atoms with Gasteiger partial charge < -0.3 is 20.1 Å². The topological polar surface area (TPSA) is 62.2 Å². The number of benzene rings is 2. The number of pyridine rings is 1. The molecule has 200 valence electrons. The van der Waals surface area contributed by atoms with Crippen LogP contribution in [0.2, 0.25) is 0 Å². The highest BCUT2D eigenvalue weighted by atomic mass is 32.1. The molecule has 1 aliphatic heterocycles. The Labute approximate surface area is 236 Å². The molecule has 2 atom stereocenters. The number of nitrogens with one attached hydrogen (secondary N) is 2. The Hall–Kier alpha value is -3.97. The summed E-state index contributed by atoms with van der Waals surface area (Å²) in [6.07, 6.45) is 2.13.